The van der Waals surface area contributed by atoms with Crippen molar-refractivity contribution in [3.05, 3.63) is 74.0 Å². The summed E-state index contributed by atoms with van der Waals surface area (Å²) in [6.07, 6.45) is 0. The normalized spacial score (nSPS) is 11.5. The van der Waals surface area contributed by atoms with Crippen LogP contribution in [0.15, 0.2) is 52.8 Å². The van der Waals surface area contributed by atoms with Crippen molar-refractivity contribution in [3.8, 4) is 11.6 Å². The van der Waals surface area contributed by atoms with Gasteiger partial charge in [-0.05, 0) is 42.6 Å². The summed E-state index contributed by atoms with van der Waals surface area (Å²) in [5.74, 6) is 0.883. The molecule has 0 aliphatic carbocycles. The fraction of sp³-hybridized carbons (Fsp3) is 0.111. The first kappa shape index (κ1) is 18.7. The summed E-state index contributed by atoms with van der Waals surface area (Å²) in [6.45, 7) is 2.26. The Kier molecular flexibility index (Phi) is 6.11. The van der Waals surface area contributed by atoms with E-state index in [9.17, 15) is 5.21 Å². The van der Waals surface area contributed by atoms with Crippen LogP contribution in [-0.4, -0.2) is 16.0 Å². The quantitative estimate of drug-likeness (QED) is 0.334. The molecule has 2 N–H and O–H groups in total. The zero-order valence-corrected chi connectivity index (χ0v) is 16.1. The van der Waals surface area contributed by atoms with Crippen LogP contribution in [-0.2, 0) is 6.54 Å². The number of halogens is 2. The van der Waals surface area contributed by atoms with Gasteiger partial charge in [-0.25, -0.2) is 4.98 Å². The maximum absolute atomic E-state index is 9.56. The van der Waals surface area contributed by atoms with Crippen molar-refractivity contribution in [2.45, 2.75) is 13.5 Å². The van der Waals surface area contributed by atoms with Gasteiger partial charge < -0.3 is 4.74 Å². The summed E-state index contributed by atoms with van der Waals surface area (Å²) in [6, 6.07) is 12.4. The molecule has 3 aromatic rings. The third-order valence-corrected chi connectivity index (χ3v) is 4.84. The van der Waals surface area contributed by atoms with Crippen molar-refractivity contribution in [2.75, 3.05) is 0 Å². The van der Waals surface area contributed by atoms with Crippen LogP contribution in [0.3, 0.4) is 0 Å². The maximum Gasteiger partial charge on any atom is 0.230 e. The highest BCUT2D eigenvalue weighted by molar-refractivity contribution is 7.09. The number of hydrogen-bond acceptors (Lipinski definition) is 5. The molecule has 0 saturated heterocycles. The van der Waals surface area contributed by atoms with Gasteiger partial charge in [0.25, 0.3) is 0 Å². The fourth-order valence-corrected chi connectivity index (χ4v) is 3.14. The number of nitrogens with one attached hydrogen (secondary N) is 1. The number of rotatable bonds is 5. The van der Waals surface area contributed by atoms with Crippen LogP contribution in [0.4, 0.5) is 0 Å². The van der Waals surface area contributed by atoms with E-state index in [0.29, 0.717) is 27.9 Å². The number of aromatic nitrogens is 1. The average molecular weight is 408 g/mol. The number of aryl methyl sites for hydroxylation is 1. The Labute approximate surface area is 164 Å². The van der Waals surface area contributed by atoms with Gasteiger partial charge in [0.2, 0.25) is 5.88 Å². The molecule has 8 heteroatoms. The van der Waals surface area contributed by atoms with Gasteiger partial charge in [0.15, 0.2) is 5.84 Å². The first-order chi connectivity index (χ1) is 12.6. The van der Waals surface area contributed by atoms with Crippen LogP contribution in [0.1, 0.15) is 16.1 Å². The highest BCUT2D eigenvalue weighted by atomic mass is 35.5. The minimum atomic E-state index is 0.249. The molecule has 0 bridgehead atoms. The molecule has 3 rings (SSSR count). The molecule has 0 aliphatic rings. The van der Waals surface area contributed by atoms with Crippen LogP contribution in [0.25, 0.3) is 0 Å². The van der Waals surface area contributed by atoms with E-state index < -0.39 is 0 Å². The van der Waals surface area contributed by atoms with Crippen molar-refractivity contribution in [3.63, 3.8) is 0 Å². The Bertz CT molecular complexity index is 930. The van der Waals surface area contributed by atoms with E-state index in [0.717, 1.165) is 10.6 Å². The van der Waals surface area contributed by atoms with Crippen molar-refractivity contribution in [1.82, 2.24) is 10.5 Å². The van der Waals surface area contributed by atoms with Gasteiger partial charge in [-0.2, -0.15) is 0 Å². The predicted molar refractivity (Wildman–Crippen MR) is 105 cm³/mol. The lowest BCUT2D eigenvalue weighted by Crippen LogP contribution is -2.21. The molecule has 0 saturated carbocycles. The van der Waals surface area contributed by atoms with E-state index in [-0.39, 0.29) is 11.7 Å². The number of amidine groups is 1. The monoisotopic (exact) mass is 407 g/mol. The Morgan fingerprint density at radius 1 is 1.27 bits per heavy atom. The number of aliphatic imine (C=N–C) groups is 1. The van der Waals surface area contributed by atoms with Gasteiger partial charge in [0.1, 0.15) is 5.75 Å². The van der Waals surface area contributed by atoms with Crippen LogP contribution < -0.4 is 10.2 Å². The Hall–Kier alpha value is -2.12. The molecule has 134 valence electrons. The highest BCUT2D eigenvalue weighted by Gasteiger charge is 2.15. The van der Waals surface area contributed by atoms with Gasteiger partial charge >= 0.3 is 0 Å². The van der Waals surface area contributed by atoms with Crippen LogP contribution in [0, 0.1) is 6.92 Å². The van der Waals surface area contributed by atoms with Gasteiger partial charge in [0, 0.05) is 21.7 Å². The number of nitrogens with zero attached hydrogens (tertiary/aromatic N) is 2. The molecule has 0 spiro atoms. The van der Waals surface area contributed by atoms with Gasteiger partial charge in [-0.3, -0.25) is 15.7 Å². The van der Waals surface area contributed by atoms with Crippen LogP contribution in [0.2, 0.25) is 10.0 Å². The summed E-state index contributed by atoms with van der Waals surface area (Å²) in [7, 11) is 0. The summed E-state index contributed by atoms with van der Waals surface area (Å²) in [5, 5.41) is 12.4. The topological polar surface area (TPSA) is 66.7 Å². The van der Waals surface area contributed by atoms with E-state index in [1.807, 2.05) is 24.4 Å². The molecule has 0 atom stereocenters. The largest absolute Gasteiger partial charge is 0.437 e. The smallest absolute Gasteiger partial charge is 0.230 e. The minimum Gasteiger partial charge on any atom is -0.437 e. The standard InChI is InChI=1S/C18H15Cl2N3O2S/c1-11-4-6-14(17(23-24)21-10-13-3-2-8-26-13)18(22-11)25-16-9-12(19)5-7-15(16)20/h2-9,24H,10H2,1H3,(H,21,23). The number of hydrogen-bond donors (Lipinski definition) is 2. The van der Waals surface area contributed by atoms with Gasteiger partial charge in [-0.1, -0.05) is 29.3 Å². The molecular formula is C18H15Cl2N3O2S. The third-order valence-electron chi connectivity index (χ3n) is 3.43. The second-order valence-corrected chi connectivity index (χ2v) is 7.21. The summed E-state index contributed by atoms with van der Waals surface area (Å²) >= 11 is 13.8. The highest BCUT2D eigenvalue weighted by Crippen LogP contribution is 2.32. The molecule has 2 heterocycles. The number of pyridine rings is 1. The Morgan fingerprint density at radius 2 is 2.12 bits per heavy atom. The third kappa shape index (κ3) is 4.53. The summed E-state index contributed by atoms with van der Waals surface area (Å²) in [4.78, 5) is 9.88. The minimum absolute atomic E-state index is 0.249. The number of ether oxygens (including phenoxy) is 1. The molecular weight excluding hydrogens is 393 g/mol. The molecule has 1 aromatic carbocycles. The van der Waals surface area contributed by atoms with Crippen molar-refractivity contribution < 1.29 is 9.94 Å². The van der Waals surface area contributed by atoms with Gasteiger partial charge in [0.05, 0.1) is 17.1 Å². The van der Waals surface area contributed by atoms with E-state index in [4.69, 9.17) is 27.9 Å². The lowest BCUT2D eigenvalue weighted by Gasteiger charge is -2.13. The molecule has 0 aliphatic heterocycles. The average Bonchev–Trinajstić information content (AvgIpc) is 3.13. The van der Waals surface area contributed by atoms with E-state index in [1.165, 1.54) is 0 Å². The summed E-state index contributed by atoms with van der Waals surface area (Å²) < 4.78 is 5.86. The zero-order valence-electron chi connectivity index (χ0n) is 13.7. The van der Waals surface area contributed by atoms with Crippen molar-refractivity contribution in [2.24, 2.45) is 4.99 Å². The second kappa shape index (κ2) is 8.51. The lowest BCUT2D eigenvalue weighted by molar-refractivity contribution is 0.234. The lowest BCUT2D eigenvalue weighted by atomic mass is 10.2. The fourth-order valence-electron chi connectivity index (χ4n) is 2.19. The first-order valence-corrected chi connectivity index (χ1v) is 9.28. The van der Waals surface area contributed by atoms with Crippen molar-refractivity contribution >= 4 is 40.4 Å². The second-order valence-electron chi connectivity index (χ2n) is 5.34. The van der Waals surface area contributed by atoms with Crippen molar-refractivity contribution in [1.29, 1.82) is 0 Å². The van der Waals surface area contributed by atoms with Crippen LogP contribution >= 0.6 is 34.5 Å². The van der Waals surface area contributed by atoms with Gasteiger partial charge in [-0.15, -0.1) is 11.3 Å². The van der Waals surface area contributed by atoms with E-state index in [2.05, 4.69) is 15.5 Å². The molecule has 26 heavy (non-hydrogen) atoms. The van der Waals surface area contributed by atoms with E-state index >= 15 is 0 Å². The summed E-state index contributed by atoms with van der Waals surface area (Å²) in [5.41, 5.74) is 3.38. The molecule has 2 aromatic heterocycles. The van der Waals surface area contributed by atoms with E-state index in [1.54, 1.807) is 41.7 Å². The van der Waals surface area contributed by atoms with Crippen LogP contribution in [0.5, 0.6) is 11.6 Å². The SMILES string of the molecule is Cc1ccc(C(=NCc2cccs2)NO)c(Oc2cc(Cl)ccc2Cl)n1. The predicted octanol–water partition coefficient (Wildman–Crippen LogP) is 5.48. The number of thiophene rings is 1. The number of hydroxylamine groups is 1. The molecule has 0 radical (unpaired) electrons. The molecule has 0 fully saturated rings. The number of benzene rings is 1. The Balaban J connectivity index is 1.96. The first-order valence-electron chi connectivity index (χ1n) is 7.64. The zero-order chi connectivity index (χ0) is 18.5. The molecule has 0 unspecified atom stereocenters. The molecule has 0 amide bonds. The maximum atomic E-state index is 9.56. The Morgan fingerprint density at radius 3 is 2.85 bits per heavy atom. The molecule has 5 nitrogen and oxygen atoms in total.